The lowest BCUT2D eigenvalue weighted by molar-refractivity contribution is -0.111. The van der Waals surface area contributed by atoms with Crippen LogP contribution in [0.25, 0.3) is 5.57 Å². The van der Waals surface area contributed by atoms with Gasteiger partial charge in [-0.25, -0.2) is 5.90 Å². The first-order chi connectivity index (χ1) is 8.02. The fourth-order valence-electron chi connectivity index (χ4n) is 0.956. The number of hydrogen-bond donors (Lipinski definition) is 2. The van der Waals surface area contributed by atoms with Crippen LogP contribution in [-0.4, -0.2) is 12.4 Å². The molecule has 4 heteroatoms. The van der Waals surface area contributed by atoms with Crippen LogP contribution in [0.2, 0.25) is 0 Å². The molecule has 0 unspecified atom stereocenters. The van der Waals surface area contributed by atoms with Crippen molar-refractivity contribution in [2.45, 2.75) is 6.92 Å². The molecule has 0 fully saturated rings. The second kappa shape index (κ2) is 8.27. The van der Waals surface area contributed by atoms with Gasteiger partial charge >= 0.3 is 0 Å². The Balaban J connectivity index is 0.000000437. The minimum absolute atomic E-state index is 0.0141. The van der Waals surface area contributed by atoms with E-state index < -0.39 is 0 Å². The first-order valence-corrected chi connectivity index (χ1v) is 5.01. The Hall–Kier alpha value is -1.91. The molecule has 0 aliphatic heterocycles. The third-order valence-corrected chi connectivity index (χ3v) is 1.90. The highest BCUT2D eigenvalue weighted by atomic mass is 16.6. The van der Waals surface area contributed by atoms with E-state index in [0.29, 0.717) is 17.9 Å². The third-order valence-electron chi connectivity index (χ3n) is 1.90. The minimum Gasteiger partial charge on any atom is -0.399 e. The smallest absolute Gasteiger partial charge is 0.159 e. The number of ketones is 1. The fourth-order valence-corrected chi connectivity index (χ4v) is 0.956. The van der Waals surface area contributed by atoms with E-state index in [4.69, 9.17) is 5.73 Å². The molecule has 0 aliphatic rings. The third kappa shape index (κ3) is 6.29. The van der Waals surface area contributed by atoms with Gasteiger partial charge in [0.15, 0.2) is 5.78 Å². The molecule has 17 heavy (non-hydrogen) atoms. The summed E-state index contributed by atoms with van der Waals surface area (Å²) < 4.78 is 0. The number of rotatable bonds is 4. The number of carbonyl (C=O) groups excluding carboxylic acids is 1. The molecule has 0 bridgehead atoms. The lowest BCUT2D eigenvalue weighted by Gasteiger charge is -2.00. The van der Waals surface area contributed by atoms with Gasteiger partial charge in [-0.3, -0.25) is 4.79 Å². The lowest BCUT2D eigenvalue weighted by Crippen LogP contribution is -1.96. The molecule has 1 aromatic carbocycles. The van der Waals surface area contributed by atoms with Crippen LogP contribution < -0.4 is 11.6 Å². The van der Waals surface area contributed by atoms with Crippen molar-refractivity contribution >= 4 is 17.0 Å². The van der Waals surface area contributed by atoms with E-state index in [-0.39, 0.29) is 5.78 Å². The summed E-state index contributed by atoms with van der Waals surface area (Å²) in [5, 5.41) is 0. The summed E-state index contributed by atoms with van der Waals surface area (Å²) in [4.78, 5) is 15.0. The number of anilines is 1. The Kier molecular flexibility index (Phi) is 7.34. The van der Waals surface area contributed by atoms with Crippen LogP contribution in [0.3, 0.4) is 0 Å². The zero-order valence-electron chi connectivity index (χ0n) is 9.98. The van der Waals surface area contributed by atoms with Crippen molar-refractivity contribution in [2.75, 3.05) is 12.3 Å². The van der Waals surface area contributed by atoms with Crippen molar-refractivity contribution < 1.29 is 9.63 Å². The normalized spacial score (nSPS) is 8.82. The number of nitrogens with two attached hydrogens (primary N) is 2. The second-order valence-corrected chi connectivity index (χ2v) is 3.28. The first-order valence-electron chi connectivity index (χ1n) is 5.01. The Labute approximate surface area is 102 Å². The van der Waals surface area contributed by atoms with Gasteiger partial charge in [0.05, 0.1) is 6.61 Å². The fraction of sp³-hybridized carbons (Fsp3) is 0.154. The number of hydrogen-bond acceptors (Lipinski definition) is 4. The molecule has 0 heterocycles. The molecule has 0 atom stereocenters. The molecule has 0 amide bonds. The van der Waals surface area contributed by atoms with Gasteiger partial charge in [0.2, 0.25) is 0 Å². The van der Waals surface area contributed by atoms with Gasteiger partial charge < -0.3 is 10.6 Å². The SMILES string of the molecule is C=C(C(C)=O)c1ccc(N)cc1.C=CCON. The highest BCUT2D eigenvalue weighted by molar-refractivity contribution is 6.18. The highest BCUT2D eigenvalue weighted by Crippen LogP contribution is 2.14. The number of nitrogen functional groups attached to an aromatic ring is 1. The van der Waals surface area contributed by atoms with Gasteiger partial charge in [0, 0.05) is 11.3 Å². The first kappa shape index (κ1) is 15.1. The molecule has 0 aliphatic carbocycles. The molecule has 1 rings (SSSR count). The summed E-state index contributed by atoms with van der Waals surface area (Å²) in [6.45, 7) is 8.94. The predicted molar refractivity (Wildman–Crippen MR) is 70.9 cm³/mol. The average molecular weight is 234 g/mol. The van der Waals surface area contributed by atoms with Crippen LogP contribution in [0, 0.1) is 0 Å². The molecule has 1 aromatic rings. The summed E-state index contributed by atoms with van der Waals surface area (Å²) in [7, 11) is 0. The molecule has 4 N–H and O–H groups in total. The molecular formula is C13H18N2O2. The van der Waals surface area contributed by atoms with E-state index >= 15 is 0 Å². The molecule has 92 valence electrons. The van der Waals surface area contributed by atoms with Gasteiger partial charge in [0.1, 0.15) is 0 Å². The van der Waals surface area contributed by atoms with E-state index in [1.165, 1.54) is 6.92 Å². The van der Waals surface area contributed by atoms with Crippen molar-refractivity contribution in [1.29, 1.82) is 0 Å². The molecule has 0 saturated carbocycles. The van der Waals surface area contributed by atoms with Crippen molar-refractivity contribution in [2.24, 2.45) is 5.90 Å². The summed E-state index contributed by atoms with van der Waals surface area (Å²) >= 11 is 0. The van der Waals surface area contributed by atoms with Crippen LogP contribution in [-0.2, 0) is 9.63 Å². The van der Waals surface area contributed by atoms with E-state index in [1.54, 1.807) is 30.3 Å². The maximum Gasteiger partial charge on any atom is 0.159 e. The maximum absolute atomic E-state index is 10.9. The monoisotopic (exact) mass is 234 g/mol. The topological polar surface area (TPSA) is 78.3 Å². The number of allylic oxidation sites excluding steroid dienone is 1. The van der Waals surface area contributed by atoms with Crippen molar-refractivity contribution in [3.8, 4) is 0 Å². The van der Waals surface area contributed by atoms with Gasteiger partial charge in [0.25, 0.3) is 0 Å². The summed E-state index contributed by atoms with van der Waals surface area (Å²) in [6.07, 6.45) is 1.58. The van der Waals surface area contributed by atoms with Crippen LogP contribution in [0.4, 0.5) is 5.69 Å². The van der Waals surface area contributed by atoms with Gasteiger partial charge in [-0.1, -0.05) is 24.8 Å². The van der Waals surface area contributed by atoms with E-state index in [1.807, 2.05) is 0 Å². The number of Topliss-reactive ketones (excluding diaryl/α,β-unsaturated/α-hetero) is 1. The molecule has 0 aromatic heterocycles. The van der Waals surface area contributed by atoms with E-state index in [2.05, 4.69) is 23.9 Å². The molecule has 4 nitrogen and oxygen atoms in total. The van der Waals surface area contributed by atoms with Crippen molar-refractivity contribution in [3.05, 3.63) is 49.1 Å². The predicted octanol–water partition coefficient (Wildman–Crippen LogP) is 1.93. The second-order valence-electron chi connectivity index (χ2n) is 3.28. The lowest BCUT2D eigenvalue weighted by atomic mass is 10.0. The summed E-state index contributed by atoms with van der Waals surface area (Å²) in [6, 6.07) is 7.09. The van der Waals surface area contributed by atoms with Crippen molar-refractivity contribution in [1.82, 2.24) is 0 Å². The number of carbonyl (C=O) groups is 1. The maximum atomic E-state index is 10.9. The zero-order valence-corrected chi connectivity index (χ0v) is 9.98. The molecule has 0 spiro atoms. The Morgan fingerprint density at radius 3 is 2.24 bits per heavy atom. The quantitative estimate of drug-likeness (QED) is 0.361. The number of benzene rings is 1. The Morgan fingerprint density at radius 2 is 1.94 bits per heavy atom. The largest absolute Gasteiger partial charge is 0.399 e. The van der Waals surface area contributed by atoms with Crippen LogP contribution in [0.15, 0.2) is 43.5 Å². The van der Waals surface area contributed by atoms with Crippen LogP contribution in [0.1, 0.15) is 12.5 Å². The van der Waals surface area contributed by atoms with E-state index in [0.717, 1.165) is 5.56 Å². The standard InChI is InChI=1S/C10H11NO.C3H7NO/c1-7(8(2)12)9-3-5-10(11)6-4-9;1-2-3-5-4/h3-6H,1,11H2,2H3;2H,1,3-4H2. The summed E-state index contributed by atoms with van der Waals surface area (Å²) in [5.41, 5.74) is 7.53. The Bertz CT molecular complexity index is 383. The highest BCUT2D eigenvalue weighted by Gasteiger charge is 2.02. The zero-order chi connectivity index (χ0) is 13.3. The molecular weight excluding hydrogens is 216 g/mol. The van der Waals surface area contributed by atoms with Gasteiger partial charge in [-0.05, 0) is 24.6 Å². The minimum atomic E-state index is -0.0141. The van der Waals surface area contributed by atoms with E-state index in [9.17, 15) is 4.79 Å². The van der Waals surface area contributed by atoms with Gasteiger partial charge in [-0.2, -0.15) is 0 Å². The summed E-state index contributed by atoms with van der Waals surface area (Å²) in [5.74, 6) is 4.55. The van der Waals surface area contributed by atoms with Gasteiger partial charge in [-0.15, -0.1) is 6.58 Å². The molecule has 0 saturated heterocycles. The van der Waals surface area contributed by atoms with Crippen molar-refractivity contribution in [3.63, 3.8) is 0 Å². The molecule has 0 radical (unpaired) electrons. The van der Waals surface area contributed by atoms with Crippen LogP contribution in [0.5, 0.6) is 0 Å². The Morgan fingerprint density at radius 1 is 1.41 bits per heavy atom. The average Bonchev–Trinajstić information content (AvgIpc) is 2.31. The van der Waals surface area contributed by atoms with Crippen LogP contribution >= 0.6 is 0 Å².